The van der Waals surface area contributed by atoms with Crippen molar-refractivity contribution < 1.29 is 9.43 Å². The van der Waals surface area contributed by atoms with E-state index in [4.69, 9.17) is 0 Å². The minimum Gasteiger partial charge on any atom is -0.147 e. The van der Waals surface area contributed by atoms with Crippen molar-refractivity contribution in [3.8, 4) is 0 Å². The van der Waals surface area contributed by atoms with Crippen molar-refractivity contribution in [1.82, 2.24) is 4.98 Å². The molecule has 0 fully saturated rings. The first-order chi connectivity index (χ1) is 8.37. The van der Waals surface area contributed by atoms with Crippen molar-refractivity contribution in [2.45, 2.75) is 50.9 Å². The third-order valence-corrected chi connectivity index (χ3v) is 72.5. The molecular weight excluding hydrogens is 365 g/mol. The number of aromatic amines is 1. The smallest absolute Gasteiger partial charge is 0.147 e. The Balaban J connectivity index is 0.00000220. The average molecular weight is 401 g/mol. The summed E-state index contributed by atoms with van der Waals surface area (Å²) in [7, 11) is -4.94. The molecule has 1 heterocycles. The third kappa shape index (κ3) is 1.94. The Labute approximate surface area is 140 Å². The van der Waals surface area contributed by atoms with E-state index in [1.165, 1.54) is 4.00 Å². The number of hydrogen-bond donors (Lipinski definition) is 1. The Bertz CT molecular complexity index is 729. The van der Waals surface area contributed by atoms with E-state index in [0.717, 1.165) is 6.42 Å². The van der Waals surface area contributed by atoms with Crippen LogP contribution in [0, 0.1) is 0 Å². The van der Waals surface area contributed by atoms with Crippen LogP contribution in [-0.4, -0.2) is 11.6 Å². The molecule has 0 bridgehead atoms. The van der Waals surface area contributed by atoms with Gasteiger partial charge in [-0.15, -0.1) is 24.8 Å². The van der Waals surface area contributed by atoms with E-state index in [-0.39, 0.29) is 24.8 Å². The van der Waals surface area contributed by atoms with Gasteiger partial charge in [-0.2, -0.15) is 0 Å². The number of nitrogens with one attached hydrogen (secondary N) is 1. The maximum Gasteiger partial charge on any atom is -0.147 e. The third-order valence-electron chi connectivity index (χ3n) is 9.59. The number of aromatic nitrogens is 1. The van der Waals surface area contributed by atoms with Crippen LogP contribution >= 0.6 is 24.8 Å². The molecule has 1 aromatic rings. The van der Waals surface area contributed by atoms with Gasteiger partial charge in [0.1, 0.15) is 0 Å². The van der Waals surface area contributed by atoms with E-state index in [0.29, 0.717) is 0 Å². The van der Waals surface area contributed by atoms with Crippen LogP contribution in [0.3, 0.4) is 0 Å². The second kappa shape index (κ2) is 3.08. The summed E-state index contributed by atoms with van der Waals surface area (Å²) >= 11 is 0. The van der Waals surface area contributed by atoms with Gasteiger partial charge in [0.05, 0.1) is 0 Å². The molecule has 1 N–H and O–H groups in total. The minimum atomic E-state index is -4.94. The zero-order valence-electron chi connectivity index (χ0n) is 15.6. The van der Waals surface area contributed by atoms with Crippen LogP contribution in [0.1, 0.15) is 6.42 Å². The van der Waals surface area contributed by atoms with Crippen molar-refractivity contribution in [3.63, 3.8) is 0 Å². The summed E-state index contributed by atoms with van der Waals surface area (Å²) < 4.78 is 3.11. The van der Waals surface area contributed by atoms with Crippen LogP contribution in [0.2, 0.25) is 44.5 Å². The van der Waals surface area contributed by atoms with Crippen molar-refractivity contribution in [2.75, 3.05) is 0 Å². The molecule has 0 spiro atoms. The molecule has 0 saturated heterocycles. The van der Waals surface area contributed by atoms with Crippen LogP contribution in [0.15, 0.2) is 40.4 Å². The molecule has 0 aliphatic heterocycles. The van der Waals surface area contributed by atoms with Gasteiger partial charge in [-0.05, 0) is 0 Å². The zero-order valence-corrected chi connectivity index (χ0v) is 19.9. The van der Waals surface area contributed by atoms with Crippen LogP contribution < -0.4 is 4.00 Å². The molecule has 1 aliphatic carbocycles. The van der Waals surface area contributed by atoms with Crippen molar-refractivity contribution >= 4 is 35.5 Å². The summed E-state index contributed by atoms with van der Waals surface area (Å²) in [6, 6.07) is 4.51. The maximum absolute atomic E-state index is 4.94. The van der Waals surface area contributed by atoms with Gasteiger partial charge in [-0.1, -0.05) is 0 Å². The molecule has 5 heteroatoms. The SMILES string of the molecule is C[SiH](C)[Ti]([CH3])([CH3])([CH3])([CH3])([CH3])([CH3])([C]1=CC=CC1)[c]1ccc[nH]1.Cl.Cl. The van der Waals surface area contributed by atoms with Gasteiger partial charge in [0.25, 0.3) is 0 Å². The monoisotopic (exact) mass is 400 g/mol. The molecule has 0 atom stereocenters. The standard InChI is InChI=1S/C5H5.C4H4N.C2H7Si.6CH3.2ClH.Ti/c2*1-2-4-5-3-1;1-3-2;;;;;;;;;/h1-3H,4H2;1-3,5H;3H,1-2H3;6*1H3;2*1H;. The summed E-state index contributed by atoms with van der Waals surface area (Å²) in [6.07, 6.45) is 10.2. The second-order valence-electron chi connectivity index (χ2n) is 16.2. The van der Waals surface area contributed by atoms with E-state index in [9.17, 15) is 0 Å². The molecule has 1 aromatic heterocycles. The summed E-state index contributed by atoms with van der Waals surface area (Å²) in [4.78, 5) is 3.67. The van der Waals surface area contributed by atoms with Crippen LogP contribution in [0.5, 0.6) is 0 Å². The minimum absolute atomic E-state index is 0. The molecule has 0 unspecified atom stereocenters. The normalized spacial score (nSPS) is 24.2. The second-order valence-corrected chi connectivity index (χ2v) is 81.9. The quantitative estimate of drug-likeness (QED) is 0.562. The summed E-state index contributed by atoms with van der Waals surface area (Å²) in [5.74, 6) is 0. The van der Waals surface area contributed by atoms with Gasteiger partial charge in [0.15, 0.2) is 0 Å². The van der Waals surface area contributed by atoms with E-state index in [1.54, 1.807) is 3.88 Å². The predicted molar refractivity (Wildman–Crippen MR) is 111 cm³/mol. The van der Waals surface area contributed by atoms with Crippen molar-refractivity contribution in [2.24, 2.45) is 0 Å². The summed E-state index contributed by atoms with van der Waals surface area (Å²) in [5.41, 5.74) is 0. The Morgan fingerprint density at radius 1 is 1.00 bits per heavy atom. The van der Waals surface area contributed by atoms with Gasteiger partial charge < -0.3 is 0 Å². The largest absolute Gasteiger partial charge is 0.147 e. The van der Waals surface area contributed by atoms with Crippen LogP contribution in [-0.2, 0) is 9.43 Å². The molecule has 0 aromatic carbocycles. The molecular formula is C17H36Cl2NSiTi. The Morgan fingerprint density at radius 3 is 1.86 bits per heavy atom. The van der Waals surface area contributed by atoms with Crippen molar-refractivity contribution in [3.05, 3.63) is 40.4 Å². The molecule has 0 radical (unpaired) electrons. The molecule has 0 saturated carbocycles. The summed E-state index contributed by atoms with van der Waals surface area (Å²) in [6.45, 7) is 3.88. The Hall–Kier alpha value is 0.271. The Kier molecular flexibility index (Phi) is 3.12. The van der Waals surface area contributed by atoms with Gasteiger partial charge in [0, 0.05) is 0 Å². The number of hydrogen-bond acceptors (Lipinski definition) is 0. The predicted octanol–water partition coefficient (Wildman–Crippen LogP) is 6.43. The van der Waals surface area contributed by atoms with Gasteiger partial charge >= 0.3 is 116 Å². The topological polar surface area (TPSA) is 15.8 Å². The number of allylic oxidation sites excluding steroid dienone is 4. The molecule has 0 amide bonds. The van der Waals surface area contributed by atoms with Gasteiger partial charge in [0.2, 0.25) is 0 Å². The first-order valence-corrected chi connectivity index (χ1v) is 24.7. The maximum atomic E-state index is 3.67. The molecule has 22 heavy (non-hydrogen) atoms. The first-order valence-electron chi connectivity index (χ1n) is 8.15. The van der Waals surface area contributed by atoms with Crippen LogP contribution in [0.4, 0.5) is 0 Å². The Morgan fingerprint density at radius 2 is 1.55 bits per heavy atom. The number of rotatable bonds is 3. The first kappa shape index (κ1) is 22.3. The molecule has 2 rings (SSSR count). The number of halogens is 2. The molecule has 1 nitrogen and oxygen atoms in total. The van der Waals surface area contributed by atoms with E-state index < -0.39 is 16.1 Å². The average Bonchev–Trinajstić information content (AvgIpc) is 2.91. The fourth-order valence-corrected chi connectivity index (χ4v) is 22.1. The van der Waals surface area contributed by atoms with Crippen molar-refractivity contribution in [1.29, 1.82) is 0 Å². The fourth-order valence-electron chi connectivity index (χ4n) is 4.05. The summed E-state index contributed by atoms with van der Waals surface area (Å²) in [5, 5.41) is 15.9. The molecule has 131 valence electrons. The van der Waals surface area contributed by atoms with Crippen LogP contribution in [0.25, 0.3) is 0 Å². The van der Waals surface area contributed by atoms with E-state index in [1.807, 2.05) is 0 Å². The van der Waals surface area contributed by atoms with E-state index in [2.05, 4.69) is 86.0 Å². The van der Waals surface area contributed by atoms with Gasteiger partial charge in [-0.3, -0.25) is 0 Å². The molecule has 1 aliphatic rings. The van der Waals surface area contributed by atoms with Gasteiger partial charge in [-0.25, -0.2) is 0 Å². The van der Waals surface area contributed by atoms with E-state index >= 15 is 0 Å². The fraction of sp³-hybridized carbons (Fsp3) is 0.529. The zero-order chi connectivity index (χ0) is 15.7. The number of H-pyrrole nitrogens is 1.